The SMILES string of the molecule is O=C(N1CC(O)(C2CC2)C1)C(F)(F)F. The molecule has 1 saturated heterocycles. The van der Waals surface area contributed by atoms with Gasteiger partial charge in [0.05, 0.1) is 13.1 Å². The topological polar surface area (TPSA) is 40.5 Å². The summed E-state index contributed by atoms with van der Waals surface area (Å²) in [7, 11) is 0. The summed E-state index contributed by atoms with van der Waals surface area (Å²) < 4.78 is 35.7. The monoisotopic (exact) mass is 209 g/mol. The average molecular weight is 209 g/mol. The van der Waals surface area contributed by atoms with Crippen molar-refractivity contribution in [2.45, 2.75) is 24.6 Å². The zero-order valence-electron chi connectivity index (χ0n) is 7.34. The van der Waals surface area contributed by atoms with E-state index in [4.69, 9.17) is 0 Å². The van der Waals surface area contributed by atoms with Crippen LogP contribution in [0.2, 0.25) is 0 Å². The van der Waals surface area contributed by atoms with E-state index in [9.17, 15) is 23.1 Å². The Morgan fingerprint density at radius 2 is 1.86 bits per heavy atom. The largest absolute Gasteiger partial charge is 0.471 e. The first kappa shape index (κ1) is 9.76. The number of nitrogens with zero attached hydrogens (tertiary/aromatic N) is 1. The van der Waals surface area contributed by atoms with E-state index in [-0.39, 0.29) is 19.0 Å². The second-order valence-corrected chi connectivity index (χ2v) is 4.04. The van der Waals surface area contributed by atoms with Gasteiger partial charge in [-0.25, -0.2) is 0 Å². The van der Waals surface area contributed by atoms with Crippen LogP contribution in [-0.4, -0.2) is 40.8 Å². The number of alkyl halides is 3. The van der Waals surface area contributed by atoms with Gasteiger partial charge >= 0.3 is 12.1 Å². The minimum Gasteiger partial charge on any atom is -0.386 e. The van der Waals surface area contributed by atoms with Crippen molar-refractivity contribution in [3.05, 3.63) is 0 Å². The molecule has 0 aromatic heterocycles. The summed E-state index contributed by atoms with van der Waals surface area (Å²) in [5.41, 5.74) is -1.04. The zero-order valence-corrected chi connectivity index (χ0v) is 7.34. The normalized spacial score (nSPS) is 25.9. The second-order valence-electron chi connectivity index (χ2n) is 4.04. The highest BCUT2D eigenvalue weighted by Crippen LogP contribution is 2.45. The summed E-state index contributed by atoms with van der Waals surface area (Å²) in [4.78, 5) is 11.3. The maximum absolute atomic E-state index is 11.9. The fraction of sp³-hybridized carbons (Fsp3) is 0.875. The molecule has 0 bridgehead atoms. The van der Waals surface area contributed by atoms with Gasteiger partial charge in [0.1, 0.15) is 5.60 Å². The molecule has 2 aliphatic rings. The number of rotatable bonds is 1. The summed E-state index contributed by atoms with van der Waals surface area (Å²) in [5, 5.41) is 9.67. The van der Waals surface area contributed by atoms with Gasteiger partial charge in [0.2, 0.25) is 0 Å². The molecule has 0 spiro atoms. The van der Waals surface area contributed by atoms with Gasteiger partial charge in [0.25, 0.3) is 0 Å². The summed E-state index contributed by atoms with van der Waals surface area (Å²) in [6, 6.07) is 0. The molecule has 1 N–H and O–H groups in total. The maximum Gasteiger partial charge on any atom is 0.471 e. The van der Waals surface area contributed by atoms with Crippen LogP contribution in [0.25, 0.3) is 0 Å². The Kier molecular flexibility index (Phi) is 1.83. The fourth-order valence-corrected chi connectivity index (χ4v) is 1.82. The molecule has 1 heterocycles. The predicted octanol–water partition coefficient (Wildman–Crippen LogP) is 0.532. The van der Waals surface area contributed by atoms with Gasteiger partial charge in [-0.1, -0.05) is 0 Å². The van der Waals surface area contributed by atoms with E-state index in [0.29, 0.717) is 4.90 Å². The van der Waals surface area contributed by atoms with E-state index in [1.54, 1.807) is 0 Å². The van der Waals surface area contributed by atoms with Gasteiger partial charge < -0.3 is 10.0 Å². The van der Waals surface area contributed by atoms with Crippen molar-refractivity contribution < 1.29 is 23.1 Å². The highest BCUT2D eigenvalue weighted by atomic mass is 19.4. The summed E-state index contributed by atoms with van der Waals surface area (Å²) in [6.45, 7) is -0.341. The highest BCUT2D eigenvalue weighted by molar-refractivity contribution is 5.83. The number of β-amino-alcohol motifs (C(OH)–C–C–N with tert-alkyl or cyclic N) is 1. The lowest BCUT2D eigenvalue weighted by Crippen LogP contribution is -2.66. The van der Waals surface area contributed by atoms with Crippen molar-refractivity contribution in [2.75, 3.05) is 13.1 Å². The third-order valence-electron chi connectivity index (χ3n) is 2.80. The van der Waals surface area contributed by atoms with Crippen molar-refractivity contribution in [2.24, 2.45) is 5.92 Å². The molecule has 1 amide bonds. The third kappa shape index (κ3) is 1.47. The molecule has 2 rings (SSSR count). The number of carbonyl (C=O) groups is 1. The van der Waals surface area contributed by atoms with E-state index >= 15 is 0 Å². The molecule has 0 atom stereocenters. The maximum atomic E-state index is 11.9. The van der Waals surface area contributed by atoms with Gasteiger partial charge in [-0.05, 0) is 18.8 Å². The summed E-state index contributed by atoms with van der Waals surface area (Å²) in [6.07, 6.45) is -3.11. The van der Waals surface area contributed by atoms with Crippen LogP contribution in [0.5, 0.6) is 0 Å². The van der Waals surface area contributed by atoms with Crippen LogP contribution in [0.3, 0.4) is 0 Å². The van der Waals surface area contributed by atoms with Crippen LogP contribution >= 0.6 is 0 Å². The molecule has 1 aliphatic carbocycles. The highest BCUT2D eigenvalue weighted by Gasteiger charge is 2.57. The molecular weight excluding hydrogens is 199 g/mol. The average Bonchev–Trinajstić information content (AvgIpc) is 2.77. The molecule has 1 aliphatic heterocycles. The van der Waals surface area contributed by atoms with Gasteiger partial charge in [-0.3, -0.25) is 4.79 Å². The molecule has 3 nitrogen and oxygen atoms in total. The standard InChI is InChI=1S/C8H10F3NO2/c9-8(10,11)6(13)12-3-7(14,4-12)5-1-2-5/h5,14H,1-4H2. The van der Waals surface area contributed by atoms with Crippen molar-refractivity contribution >= 4 is 5.91 Å². The Morgan fingerprint density at radius 1 is 1.36 bits per heavy atom. The third-order valence-corrected chi connectivity index (χ3v) is 2.80. The first-order chi connectivity index (χ1) is 6.33. The van der Waals surface area contributed by atoms with E-state index in [1.165, 1.54) is 0 Å². The first-order valence-electron chi connectivity index (χ1n) is 4.41. The molecule has 80 valence electrons. The van der Waals surface area contributed by atoms with Crippen molar-refractivity contribution in [1.82, 2.24) is 4.90 Å². The lowest BCUT2D eigenvalue weighted by molar-refractivity contribution is -0.205. The Hall–Kier alpha value is -0.780. The number of halogens is 3. The van der Waals surface area contributed by atoms with Crippen molar-refractivity contribution in [1.29, 1.82) is 0 Å². The predicted molar refractivity (Wildman–Crippen MR) is 40.3 cm³/mol. The minimum atomic E-state index is -4.81. The van der Waals surface area contributed by atoms with Gasteiger partial charge in [-0.15, -0.1) is 0 Å². The van der Waals surface area contributed by atoms with E-state index < -0.39 is 17.7 Å². The Morgan fingerprint density at radius 3 is 2.21 bits per heavy atom. The van der Waals surface area contributed by atoms with E-state index in [1.807, 2.05) is 0 Å². The van der Waals surface area contributed by atoms with Crippen LogP contribution in [0.4, 0.5) is 13.2 Å². The molecule has 2 fully saturated rings. The number of hydrogen-bond acceptors (Lipinski definition) is 2. The Balaban J connectivity index is 1.91. The van der Waals surface area contributed by atoms with Crippen molar-refractivity contribution in [3.63, 3.8) is 0 Å². The second kappa shape index (κ2) is 2.62. The number of hydrogen-bond donors (Lipinski definition) is 1. The molecule has 0 radical (unpaired) electrons. The molecular formula is C8H10F3NO2. The zero-order chi connectivity index (χ0) is 10.6. The first-order valence-corrected chi connectivity index (χ1v) is 4.41. The smallest absolute Gasteiger partial charge is 0.386 e. The molecule has 14 heavy (non-hydrogen) atoms. The van der Waals surface area contributed by atoms with E-state index in [2.05, 4.69) is 0 Å². The van der Waals surface area contributed by atoms with Crippen LogP contribution in [0, 0.1) is 5.92 Å². The number of aliphatic hydroxyl groups is 1. The quantitative estimate of drug-likeness (QED) is 0.684. The van der Waals surface area contributed by atoms with Crippen LogP contribution in [-0.2, 0) is 4.79 Å². The summed E-state index contributed by atoms with van der Waals surface area (Å²) in [5.74, 6) is -1.75. The number of amides is 1. The lowest BCUT2D eigenvalue weighted by atomic mass is 9.88. The van der Waals surface area contributed by atoms with Crippen molar-refractivity contribution in [3.8, 4) is 0 Å². The summed E-state index contributed by atoms with van der Waals surface area (Å²) >= 11 is 0. The van der Waals surface area contributed by atoms with E-state index in [0.717, 1.165) is 12.8 Å². The Labute approximate surface area is 78.5 Å². The molecule has 1 saturated carbocycles. The number of carbonyl (C=O) groups excluding carboxylic acids is 1. The van der Waals surface area contributed by atoms with Gasteiger partial charge in [-0.2, -0.15) is 13.2 Å². The molecule has 6 heteroatoms. The fourth-order valence-electron chi connectivity index (χ4n) is 1.82. The van der Waals surface area contributed by atoms with Crippen LogP contribution in [0.1, 0.15) is 12.8 Å². The molecule has 0 unspecified atom stereocenters. The van der Waals surface area contributed by atoms with Gasteiger partial charge in [0.15, 0.2) is 0 Å². The van der Waals surface area contributed by atoms with Gasteiger partial charge in [0, 0.05) is 0 Å². The lowest BCUT2D eigenvalue weighted by Gasteiger charge is -2.46. The Bertz CT molecular complexity index is 266. The number of likely N-dealkylation sites (tertiary alicyclic amines) is 1. The molecule has 0 aromatic rings. The molecule has 0 aromatic carbocycles. The van der Waals surface area contributed by atoms with Crippen LogP contribution < -0.4 is 0 Å². The minimum absolute atomic E-state index is 0.0970. The van der Waals surface area contributed by atoms with Crippen LogP contribution in [0.15, 0.2) is 0 Å².